The third kappa shape index (κ3) is 4.01. The molecule has 2 heterocycles. The topological polar surface area (TPSA) is 90.3 Å². The smallest absolute Gasteiger partial charge is 0.228 e. The van der Waals surface area contributed by atoms with Gasteiger partial charge < -0.3 is 20.8 Å². The van der Waals surface area contributed by atoms with Gasteiger partial charge in [-0.2, -0.15) is 0 Å². The maximum atomic E-state index is 9.73. The molecule has 1 saturated heterocycles. The van der Waals surface area contributed by atoms with Crippen LogP contribution in [0.2, 0.25) is 0 Å². The highest BCUT2D eigenvalue weighted by molar-refractivity contribution is 5.64. The number of anilines is 2. The van der Waals surface area contributed by atoms with E-state index in [-0.39, 0.29) is 11.5 Å². The van der Waals surface area contributed by atoms with Gasteiger partial charge in [0, 0.05) is 28.9 Å². The van der Waals surface area contributed by atoms with Crippen molar-refractivity contribution in [2.45, 2.75) is 18.8 Å². The summed E-state index contributed by atoms with van der Waals surface area (Å²) in [5.74, 6) is 0.535. The maximum absolute atomic E-state index is 9.73. The summed E-state index contributed by atoms with van der Waals surface area (Å²) in [5, 5.41) is 25.8. The molecule has 3 aromatic rings. The minimum Gasteiger partial charge on any atom is -0.504 e. The molecule has 2 aromatic carbocycles. The Balaban J connectivity index is 1.71. The predicted molar refractivity (Wildman–Crippen MR) is 105 cm³/mol. The van der Waals surface area contributed by atoms with Crippen molar-refractivity contribution in [2.75, 3.05) is 18.4 Å². The highest BCUT2D eigenvalue weighted by Crippen LogP contribution is 2.31. The second-order valence-corrected chi connectivity index (χ2v) is 6.72. The molecule has 0 amide bonds. The zero-order valence-electron chi connectivity index (χ0n) is 14.9. The van der Waals surface area contributed by atoms with E-state index in [1.54, 1.807) is 6.07 Å². The Morgan fingerprint density at radius 1 is 0.889 bits per heavy atom. The predicted octanol–water partition coefficient (Wildman–Crippen LogP) is 3.77. The maximum Gasteiger partial charge on any atom is 0.228 e. The van der Waals surface area contributed by atoms with Gasteiger partial charge in [-0.15, -0.1) is 0 Å². The van der Waals surface area contributed by atoms with E-state index < -0.39 is 0 Å². The first kappa shape index (κ1) is 17.3. The molecule has 4 rings (SSSR count). The summed E-state index contributed by atoms with van der Waals surface area (Å²) in [5.41, 5.74) is 3.54. The Hall–Kier alpha value is -3.12. The van der Waals surface area contributed by atoms with Gasteiger partial charge in [0.05, 0.1) is 5.69 Å². The number of hydrogen-bond donors (Lipinski definition) is 4. The van der Waals surface area contributed by atoms with Crippen LogP contribution in [0.5, 0.6) is 11.5 Å². The van der Waals surface area contributed by atoms with Crippen LogP contribution < -0.4 is 10.6 Å². The fraction of sp³-hybridized carbons (Fsp3) is 0.238. The molecular weight excluding hydrogens is 340 g/mol. The van der Waals surface area contributed by atoms with Crippen molar-refractivity contribution in [2.24, 2.45) is 0 Å². The van der Waals surface area contributed by atoms with Crippen molar-refractivity contribution in [1.29, 1.82) is 0 Å². The lowest BCUT2D eigenvalue weighted by molar-refractivity contribution is 0.404. The number of phenolic OH excluding ortho intramolecular Hbond substituents is 2. The van der Waals surface area contributed by atoms with Crippen LogP contribution in [0.4, 0.5) is 11.6 Å². The molecule has 1 fully saturated rings. The van der Waals surface area contributed by atoms with Gasteiger partial charge in [-0.3, -0.25) is 0 Å². The largest absolute Gasteiger partial charge is 0.504 e. The average Bonchev–Trinajstić information content (AvgIpc) is 2.72. The molecule has 1 aliphatic rings. The SMILES string of the molecule is Oc1ccc(Nc2nc(-c3ccccc3)cc(C3CCNCC3)n2)cc1O. The molecular formula is C21H22N4O2. The van der Waals surface area contributed by atoms with E-state index >= 15 is 0 Å². The molecule has 0 radical (unpaired) electrons. The van der Waals surface area contributed by atoms with E-state index in [0.717, 1.165) is 42.9 Å². The van der Waals surface area contributed by atoms with E-state index in [4.69, 9.17) is 4.98 Å². The van der Waals surface area contributed by atoms with Crippen LogP contribution >= 0.6 is 0 Å². The van der Waals surface area contributed by atoms with E-state index in [2.05, 4.69) is 21.7 Å². The van der Waals surface area contributed by atoms with Crippen LogP contribution in [0.25, 0.3) is 11.3 Å². The molecule has 6 heteroatoms. The van der Waals surface area contributed by atoms with Gasteiger partial charge in [0.1, 0.15) is 0 Å². The molecule has 0 aliphatic carbocycles. The van der Waals surface area contributed by atoms with Gasteiger partial charge in [-0.1, -0.05) is 30.3 Å². The summed E-state index contributed by atoms with van der Waals surface area (Å²) < 4.78 is 0. The molecule has 0 unspecified atom stereocenters. The Morgan fingerprint density at radius 2 is 1.67 bits per heavy atom. The number of nitrogens with one attached hydrogen (secondary N) is 2. The standard InChI is InChI=1S/C21H22N4O2/c26-19-7-6-16(12-20(19)27)23-21-24-17(14-4-2-1-3-5-14)13-18(25-21)15-8-10-22-11-9-15/h1-7,12-13,15,22,26-27H,8-11H2,(H,23,24,25). The first-order valence-electron chi connectivity index (χ1n) is 9.13. The summed E-state index contributed by atoms with van der Waals surface area (Å²) >= 11 is 0. The molecule has 1 aromatic heterocycles. The van der Waals surface area contributed by atoms with Crippen LogP contribution in [-0.4, -0.2) is 33.3 Å². The third-order valence-electron chi connectivity index (χ3n) is 4.80. The van der Waals surface area contributed by atoms with Crippen LogP contribution in [0.1, 0.15) is 24.5 Å². The minimum absolute atomic E-state index is 0.158. The van der Waals surface area contributed by atoms with Crippen molar-refractivity contribution in [3.8, 4) is 22.8 Å². The molecule has 1 aliphatic heterocycles. The fourth-order valence-electron chi connectivity index (χ4n) is 3.34. The van der Waals surface area contributed by atoms with E-state index in [1.807, 2.05) is 30.3 Å². The number of benzene rings is 2. The van der Waals surface area contributed by atoms with E-state index in [1.165, 1.54) is 12.1 Å². The normalized spacial score (nSPS) is 14.8. The van der Waals surface area contributed by atoms with Crippen LogP contribution in [0.15, 0.2) is 54.6 Å². The number of hydrogen-bond acceptors (Lipinski definition) is 6. The molecule has 0 atom stereocenters. The number of nitrogens with zero attached hydrogens (tertiary/aromatic N) is 2. The van der Waals surface area contributed by atoms with Crippen LogP contribution in [-0.2, 0) is 0 Å². The number of aromatic hydroxyl groups is 2. The van der Waals surface area contributed by atoms with Crippen LogP contribution in [0.3, 0.4) is 0 Å². The molecule has 138 valence electrons. The minimum atomic E-state index is -0.183. The molecule has 0 bridgehead atoms. The molecule has 4 N–H and O–H groups in total. The number of piperidine rings is 1. The van der Waals surface area contributed by atoms with Crippen molar-refractivity contribution >= 4 is 11.6 Å². The Labute approximate surface area is 157 Å². The Bertz CT molecular complexity index is 925. The van der Waals surface area contributed by atoms with Crippen molar-refractivity contribution in [1.82, 2.24) is 15.3 Å². The number of rotatable bonds is 4. The molecule has 6 nitrogen and oxygen atoms in total. The molecule has 0 spiro atoms. The molecule has 0 saturated carbocycles. The van der Waals surface area contributed by atoms with Gasteiger partial charge in [0.25, 0.3) is 0 Å². The monoisotopic (exact) mass is 362 g/mol. The Morgan fingerprint density at radius 3 is 2.41 bits per heavy atom. The Kier molecular flexibility index (Phi) is 4.89. The summed E-state index contributed by atoms with van der Waals surface area (Å²) in [6.45, 7) is 1.98. The van der Waals surface area contributed by atoms with E-state index in [9.17, 15) is 10.2 Å². The van der Waals surface area contributed by atoms with Gasteiger partial charge in [0.15, 0.2) is 11.5 Å². The summed E-state index contributed by atoms with van der Waals surface area (Å²) in [6.07, 6.45) is 2.09. The number of phenols is 2. The highest BCUT2D eigenvalue weighted by Gasteiger charge is 2.19. The van der Waals surface area contributed by atoms with Gasteiger partial charge >= 0.3 is 0 Å². The summed E-state index contributed by atoms with van der Waals surface area (Å²) in [7, 11) is 0. The van der Waals surface area contributed by atoms with Crippen molar-refractivity contribution in [3.05, 3.63) is 60.3 Å². The van der Waals surface area contributed by atoms with Gasteiger partial charge in [-0.05, 0) is 44.1 Å². The zero-order chi connectivity index (χ0) is 18.6. The quantitative estimate of drug-likeness (QED) is 0.417. The second-order valence-electron chi connectivity index (χ2n) is 6.72. The fourth-order valence-corrected chi connectivity index (χ4v) is 3.34. The summed E-state index contributed by atoms with van der Waals surface area (Å²) in [6, 6.07) is 16.7. The zero-order valence-corrected chi connectivity index (χ0v) is 14.9. The van der Waals surface area contributed by atoms with E-state index in [0.29, 0.717) is 17.6 Å². The lowest BCUT2D eigenvalue weighted by atomic mass is 9.93. The lowest BCUT2D eigenvalue weighted by Crippen LogP contribution is -2.27. The van der Waals surface area contributed by atoms with Crippen molar-refractivity contribution in [3.63, 3.8) is 0 Å². The molecule has 27 heavy (non-hydrogen) atoms. The highest BCUT2D eigenvalue weighted by atomic mass is 16.3. The third-order valence-corrected chi connectivity index (χ3v) is 4.80. The van der Waals surface area contributed by atoms with Crippen molar-refractivity contribution < 1.29 is 10.2 Å². The van der Waals surface area contributed by atoms with Gasteiger partial charge in [0.2, 0.25) is 5.95 Å². The number of aromatic nitrogens is 2. The lowest BCUT2D eigenvalue weighted by Gasteiger charge is -2.23. The first-order chi connectivity index (χ1) is 13.2. The first-order valence-corrected chi connectivity index (χ1v) is 9.13. The van der Waals surface area contributed by atoms with Gasteiger partial charge in [-0.25, -0.2) is 9.97 Å². The van der Waals surface area contributed by atoms with Crippen LogP contribution in [0, 0.1) is 0 Å². The average molecular weight is 362 g/mol. The second kappa shape index (κ2) is 7.63. The summed E-state index contributed by atoms with van der Waals surface area (Å²) in [4.78, 5) is 9.40.